The van der Waals surface area contributed by atoms with E-state index in [9.17, 15) is 0 Å². The van der Waals surface area contributed by atoms with Gasteiger partial charge in [-0.25, -0.2) is 0 Å². The predicted octanol–water partition coefficient (Wildman–Crippen LogP) is 1.32. The second kappa shape index (κ2) is 4.93. The van der Waals surface area contributed by atoms with Crippen molar-refractivity contribution >= 4 is 5.95 Å². The Balaban J connectivity index is 2.62. The van der Waals surface area contributed by atoms with Gasteiger partial charge in [0.2, 0.25) is 0 Å². The highest BCUT2D eigenvalue weighted by Gasteiger charge is 2.13. The smallest absolute Gasteiger partial charge is 0.265 e. The minimum absolute atomic E-state index is 0.604. The number of hydrogen-bond acceptors (Lipinski definition) is 4. The maximum atomic E-state index is 4.00. The van der Waals surface area contributed by atoms with Crippen LogP contribution in [0.15, 0.2) is 0 Å². The summed E-state index contributed by atoms with van der Waals surface area (Å²) >= 11 is 0. The van der Waals surface area contributed by atoms with Gasteiger partial charge in [-0.1, -0.05) is 32.8 Å². The van der Waals surface area contributed by atoms with Crippen LogP contribution in [0.3, 0.4) is 0 Å². The molecule has 1 rings (SSSR count). The summed E-state index contributed by atoms with van der Waals surface area (Å²) in [6.07, 6.45) is 0. The molecule has 0 amide bonds. The lowest BCUT2D eigenvalue weighted by Crippen LogP contribution is -2.32. The predicted molar refractivity (Wildman–Crippen MR) is 56.1 cm³/mol. The van der Waals surface area contributed by atoms with E-state index in [0.717, 1.165) is 13.1 Å². The number of anilines is 1. The van der Waals surface area contributed by atoms with E-state index in [1.807, 2.05) is 0 Å². The van der Waals surface area contributed by atoms with Crippen LogP contribution in [0.1, 0.15) is 27.7 Å². The van der Waals surface area contributed by atoms with Crippen LogP contribution in [0.5, 0.6) is 0 Å². The Labute approximate surface area is 84.9 Å². The summed E-state index contributed by atoms with van der Waals surface area (Å²) in [7, 11) is 0. The highest BCUT2D eigenvalue weighted by molar-refractivity contribution is 5.25. The van der Waals surface area contributed by atoms with Gasteiger partial charge in [0.15, 0.2) is 0 Å². The molecule has 0 saturated carbocycles. The van der Waals surface area contributed by atoms with Gasteiger partial charge in [0.05, 0.1) is 0 Å². The fraction of sp³-hybridized carbons (Fsp3) is 0.889. The van der Waals surface area contributed by atoms with E-state index >= 15 is 0 Å². The zero-order valence-electron chi connectivity index (χ0n) is 9.36. The van der Waals surface area contributed by atoms with Crippen molar-refractivity contribution in [2.24, 2.45) is 11.8 Å². The molecule has 0 bridgehead atoms. The molecule has 0 atom stereocenters. The van der Waals surface area contributed by atoms with Crippen molar-refractivity contribution < 1.29 is 0 Å². The molecule has 1 aromatic heterocycles. The van der Waals surface area contributed by atoms with Crippen LogP contribution in [-0.4, -0.2) is 33.7 Å². The standard InChI is InChI=1S/C9H19N5/c1-7(2)5-14(6-8(3)4)9-10-12-13-11-9/h7-8H,5-6H2,1-4H3,(H,10,11,12,13). The lowest BCUT2D eigenvalue weighted by atomic mass is 10.1. The molecule has 0 spiro atoms. The average Bonchev–Trinajstić information content (AvgIpc) is 2.52. The SMILES string of the molecule is CC(C)CN(CC(C)C)c1nn[nH]n1. The topological polar surface area (TPSA) is 57.7 Å². The molecule has 0 aliphatic carbocycles. The summed E-state index contributed by atoms with van der Waals surface area (Å²) in [5.74, 6) is 1.91. The summed E-state index contributed by atoms with van der Waals surface area (Å²) < 4.78 is 0. The number of tetrazole rings is 1. The van der Waals surface area contributed by atoms with Crippen molar-refractivity contribution in [3.63, 3.8) is 0 Å². The summed E-state index contributed by atoms with van der Waals surface area (Å²) in [5, 5.41) is 14.1. The number of aromatic amines is 1. The van der Waals surface area contributed by atoms with Gasteiger partial charge in [0.25, 0.3) is 5.95 Å². The fourth-order valence-corrected chi connectivity index (χ4v) is 1.41. The number of nitrogens with one attached hydrogen (secondary N) is 1. The van der Waals surface area contributed by atoms with Crippen LogP contribution >= 0.6 is 0 Å². The van der Waals surface area contributed by atoms with E-state index in [2.05, 4.69) is 53.2 Å². The first-order valence-electron chi connectivity index (χ1n) is 5.08. The molecule has 1 aromatic rings. The van der Waals surface area contributed by atoms with Gasteiger partial charge in [-0.15, -0.1) is 5.10 Å². The largest absolute Gasteiger partial charge is 0.338 e. The molecular formula is C9H19N5. The third-order valence-corrected chi connectivity index (χ3v) is 1.79. The Morgan fingerprint density at radius 1 is 1.14 bits per heavy atom. The van der Waals surface area contributed by atoms with Gasteiger partial charge in [-0.2, -0.15) is 5.21 Å². The Hall–Kier alpha value is -1.13. The van der Waals surface area contributed by atoms with Crippen molar-refractivity contribution in [3.8, 4) is 0 Å². The van der Waals surface area contributed by atoms with Crippen molar-refractivity contribution in [2.45, 2.75) is 27.7 Å². The van der Waals surface area contributed by atoms with Gasteiger partial charge in [0, 0.05) is 13.1 Å². The van der Waals surface area contributed by atoms with Gasteiger partial charge in [-0.05, 0) is 17.0 Å². The van der Waals surface area contributed by atoms with E-state index in [-0.39, 0.29) is 0 Å². The second-order valence-electron chi connectivity index (χ2n) is 4.40. The second-order valence-corrected chi connectivity index (χ2v) is 4.40. The van der Waals surface area contributed by atoms with Crippen molar-refractivity contribution in [1.29, 1.82) is 0 Å². The molecule has 5 heteroatoms. The van der Waals surface area contributed by atoms with Crippen LogP contribution in [0.2, 0.25) is 0 Å². The number of H-pyrrole nitrogens is 1. The molecule has 1 N–H and O–H groups in total. The highest BCUT2D eigenvalue weighted by atomic mass is 15.5. The lowest BCUT2D eigenvalue weighted by molar-refractivity contribution is 0.544. The quantitative estimate of drug-likeness (QED) is 0.773. The normalized spacial score (nSPS) is 11.3. The van der Waals surface area contributed by atoms with E-state index in [4.69, 9.17) is 0 Å². The van der Waals surface area contributed by atoms with E-state index in [1.54, 1.807) is 0 Å². The van der Waals surface area contributed by atoms with E-state index < -0.39 is 0 Å². The number of aromatic nitrogens is 4. The van der Waals surface area contributed by atoms with Crippen LogP contribution in [0.4, 0.5) is 5.95 Å². The third-order valence-electron chi connectivity index (χ3n) is 1.79. The fourth-order valence-electron chi connectivity index (χ4n) is 1.41. The minimum atomic E-state index is 0.604. The average molecular weight is 197 g/mol. The molecule has 0 aliphatic heterocycles. The summed E-state index contributed by atoms with van der Waals surface area (Å²) in [4.78, 5) is 2.17. The first kappa shape index (κ1) is 10.9. The molecule has 0 unspecified atom stereocenters. The van der Waals surface area contributed by atoms with Gasteiger partial charge >= 0.3 is 0 Å². The first-order chi connectivity index (χ1) is 6.59. The summed E-state index contributed by atoms with van der Waals surface area (Å²) in [5.41, 5.74) is 0. The molecule has 5 nitrogen and oxygen atoms in total. The Morgan fingerprint density at radius 3 is 2.07 bits per heavy atom. The molecule has 0 fully saturated rings. The molecule has 80 valence electrons. The first-order valence-corrected chi connectivity index (χ1v) is 5.08. The van der Waals surface area contributed by atoms with Crippen LogP contribution in [-0.2, 0) is 0 Å². The Kier molecular flexibility index (Phi) is 3.85. The minimum Gasteiger partial charge on any atom is -0.338 e. The molecule has 0 saturated heterocycles. The van der Waals surface area contributed by atoms with Gasteiger partial charge in [0.1, 0.15) is 0 Å². The maximum Gasteiger partial charge on any atom is 0.265 e. The summed E-state index contributed by atoms with van der Waals surface area (Å²) in [6.45, 7) is 10.7. The van der Waals surface area contributed by atoms with Gasteiger partial charge in [-0.3, -0.25) is 0 Å². The molecule has 14 heavy (non-hydrogen) atoms. The molecular weight excluding hydrogens is 178 g/mol. The van der Waals surface area contributed by atoms with Crippen molar-refractivity contribution in [2.75, 3.05) is 18.0 Å². The van der Waals surface area contributed by atoms with Crippen LogP contribution in [0, 0.1) is 11.8 Å². The van der Waals surface area contributed by atoms with E-state index in [0.29, 0.717) is 17.8 Å². The number of rotatable bonds is 5. The molecule has 0 aromatic carbocycles. The zero-order valence-corrected chi connectivity index (χ0v) is 9.36. The molecule has 1 heterocycles. The molecule has 0 radical (unpaired) electrons. The van der Waals surface area contributed by atoms with Crippen LogP contribution < -0.4 is 4.90 Å². The summed E-state index contributed by atoms with van der Waals surface area (Å²) in [6, 6.07) is 0. The Bertz CT molecular complexity index is 232. The monoisotopic (exact) mass is 197 g/mol. The number of nitrogens with zero attached hydrogens (tertiary/aromatic N) is 4. The number of hydrogen-bond donors (Lipinski definition) is 1. The highest BCUT2D eigenvalue weighted by Crippen LogP contribution is 2.10. The maximum absolute atomic E-state index is 4.00. The Morgan fingerprint density at radius 2 is 1.71 bits per heavy atom. The van der Waals surface area contributed by atoms with Crippen molar-refractivity contribution in [1.82, 2.24) is 20.6 Å². The lowest BCUT2D eigenvalue weighted by Gasteiger charge is -2.24. The van der Waals surface area contributed by atoms with Crippen LogP contribution in [0.25, 0.3) is 0 Å². The molecule has 0 aliphatic rings. The van der Waals surface area contributed by atoms with E-state index in [1.165, 1.54) is 0 Å². The van der Waals surface area contributed by atoms with Crippen molar-refractivity contribution in [3.05, 3.63) is 0 Å². The third kappa shape index (κ3) is 3.32. The zero-order chi connectivity index (χ0) is 10.6. The van der Waals surface area contributed by atoms with Gasteiger partial charge < -0.3 is 4.90 Å².